The molecule has 150 valence electrons. The van der Waals surface area contributed by atoms with Gasteiger partial charge in [-0.15, -0.1) is 0 Å². The van der Waals surface area contributed by atoms with Gasteiger partial charge in [0.05, 0.1) is 12.2 Å². The van der Waals surface area contributed by atoms with Crippen molar-refractivity contribution in [3.05, 3.63) is 52.9 Å². The zero-order chi connectivity index (χ0) is 19.9. The molecule has 7 nitrogen and oxygen atoms in total. The largest absolute Gasteiger partial charge is 0.359 e. The summed E-state index contributed by atoms with van der Waals surface area (Å²) in [7, 11) is 1.74. The molecule has 28 heavy (non-hydrogen) atoms. The van der Waals surface area contributed by atoms with Gasteiger partial charge in [0.2, 0.25) is 5.91 Å². The number of rotatable bonds is 7. The highest BCUT2D eigenvalue weighted by atomic mass is 16.5. The Kier molecular flexibility index (Phi) is 6.68. The summed E-state index contributed by atoms with van der Waals surface area (Å²) in [6.07, 6.45) is 1.62. The van der Waals surface area contributed by atoms with E-state index in [1.807, 2.05) is 23.1 Å². The maximum Gasteiger partial charge on any atom is 0.222 e. The topological polar surface area (TPSA) is 82.8 Å². The summed E-state index contributed by atoms with van der Waals surface area (Å²) in [4.78, 5) is 18.1. The SMILES string of the molecule is CN=C(NCc1cc(C(C)C)no1)NCc1ccccc1CN1CCCC1=O. The average Bonchev–Trinajstić information content (AvgIpc) is 3.32. The van der Waals surface area contributed by atoms with E-state index in [9.17, 15) is 4.79 Å². The number of carbonyl (C=O) groups is 1. The molecule has 7 heteroatoms. The van der Waals surface area contributed by atoms with Crippen LogP contribution in [0.3, 0.4) is 0 Å². The van der Waals surface area contributed by atoms with Gasteiger partial charge in [0.25, 0.3) is 0 Å². The Balaban J connectivity index is 1.55. The fraction of sp³-hybridized carbons (Fsp3) is 0.476. The first kappa shape index (κ1) is 19.9. The van der Waals surface area contributed by atoms with Crippen LogP contribution in [0.15, 0.2) is 39.8 Å². The van der Waals surface area contributed by atoms with Crippen LogP contribution < -0.4 is 10.6 Å². The number of nitrogens with one attached hydrogen (secondary N) is 2. The lowest BCUT2D eigenvalue weighted by molar-refractivity contribution is -0.128. The number of nitrogens with zero attached hydrogens (tertiary/aromatic N) is 3. The summed E-state index contributed by atoms with van der Waals surface area (Å²) >= 11 is 0. The molecule has 0 bridgehead atoms. The van der Waals surface area contributed by atoms with Crippen molar-refractivity contribution in [1.82, 2.24) is 20.7 Å². The summed E-state index contributed by atoms with van der Waals surface area (Å²) in [6.45, 7) is 6.83. The molecule has 1 fully saturated rings. The van der Waals surface area contributed by atoms with Crippen LogP contribution in [0.2, 0.25) is 0 Å². The molecule has 1 aromatic carbocycles. The summed E-state index contributed by atoms with van der Waals surface area (Å²) in [5, 5.41) is 10.7. The number of benzene rings is 1. The molecule has 1 saturated heterocycles. The Bertz CT molecular complexity index is 828. The van der Waals surface area contributed by atoms with Gasteiger partial charge in [-0.3, -0.25) is 9.79 Å². The second-order valence-corrected chi connectivity index (χ2v) is 7.34. The van der Waals surface area contributed by atoms with Crippen LogP contribution >= 0.6 is 0 Å². The van der Waals surface area contributed by atoms with Crippen molar-refractivity contribution in [3.8, 4) is 0 Å². The van der Waals surface area contributed by atoms with E-state index in [4.69, 9.17) is 4.52 Å². The molecule has 1 aliphatic heterocycles. The van der Waals surface area contributed by atoms with Gasteiger partial charge in [-0.1, -0.05) is 43.3 Å². The van der Waals surface area contributed by atoms with Crippen LogP contribution in [0, 0.1) is 0 Å². The lowest BCUT2D eigenvalue weighted by atomic mass is 10.1. The van der Waals surface area contributed by atoms with Gasteiger partial charge in [0, 0.05) is 39.2 Å². The van der Waals surface area contributed by atoms with Gasteiger partial charge >= 0.3 is 0 Å². The Hall–Kier alpha value is -2.83. The second-order valence-electron chi connectivity index (χ2n) is 7.34. The lowest BCUT2D eigenvalue weighted by Gasteiger charge is -2.19. The maximum absolute atomic E-state index is 11.9. The zero-order valence-corrected chi connectivity index (χ0v) is 16.9. The molecule has 1 aliphatic rings. The van der Waals surface area contributed by atoms with Crippen molar-refractivity contribution >= 4 is 11.9 Å². The molecule has 3 rings (SSSR count). The third-order valence-electron chi connectivity index (χ3n) is 4.92. The van der Waals surface area contributed by atoms with E-state index >= 15 is 0 Å². The number of carbonyl (C=O) groups excluding carboxylic acids is 1. The molecule has 2 N–H and O–H groups in total. The van der Waals surface area contributed by atoms with Crippen molar-refractivity contribution in [3.63, 3.8) is 0 Å². The zero-order valence-electron chi connectivity index (χ0n) is 16.9. The molecule has 0 aliphatic carbocycles. The number of hydrogen-bond donors (Lipinski definition) is 2. The van der Waals surface area contributed by atoms with E-state index in [1.165, 1.54) is 0 Å². The van der Waals surface area contributed by atoms with Crippen LogP contribution in [-0.4, -0.2) is 35.5 Å². The predicted octanol–water partition coefficient (Wildman–Crippen LogP) is 2.79. The molecular weight excluding hydrogens is 354 g/mol. The molecule has 2 aromatic rings. The van der Waals surface area contributed by atoms with E-state index in [-0.39, 0.29) is 5.91 Å². The average molecular weight is 383 g/mol. The Morgan fingerprint density at radius 1 is 1.25 bits per heavy atom. The third-order valence-corrected chi connectivity index (χ3v) is 4.92. The first-order chi connectivity index (χ1) is 13.6. The van der Waals surface area contributed by atoms with Crippen molar-refractivity contribution in [2.24, 2.45) is 4.99 Å². The molecule has 1 aromatic heterocycles. The minimum atomic E-state index is 0.244. The smallest absolute Gasteiger partial charge is 0.222 e. The number of guanidine groups is 1. The van der Waals surface area contributed by atoms with E-state index < -0.39 is 0 Å². The van der Waals surface area contributed by atoms with Crippen molar-refractivity contribution in [2.45, 2.75) is 52.2 Å². The standard InChI is InChI=1S/C21H29N5O2/c1-15(2)19-11-18(28-25-19)13-24-21(22-3)23-12-16-7-4-5-8-17(16)14-26-10-6-9-20(26)27/h4-5,7-8,11,15H,6,9-10,12-14H2,1-3H3,(H2,22,23,24). The molecule has 0 unspecified atom stereocenters. The van der Waals surface area contributed by atoms with E-state index in [0.29, 0.717) is 37.9 Å². The number of likely N-dealkylation sites (tertiary alicyclic amines) is 1. The highest BCUT2D eigenvalue weighted by molar-refractivity contribution is 5.79. The van der Waals surface area contributed by atoms with Gasteiger partial charge in [-0.25, -0.2) is 0 Å². The van der Waals surface area contributed by atoms with Crippen LogP contribution in [0.1, 0.15) is 55.2 Å². The molecular formula is C21H29N5O2. The summed E-state index contributed by atoms with van der Waals surface area (Å²) < 4.78 is 5.35. The summed E-state index contributed by atoms with van der Waals surface area (Å²) in [5.41, 5.74) is 3.27. The minimum absolute atomic E-state index is 0.244. The molecule has 0 atom stereocenters. The van der Waals surface area contributed by atoms with Gasteiger partial charge in [0.15, 0.2) is 11.7 Å². The van der Waals surface area contributed by atoms with Crippen LogP contribution in [0.4, 0.5) is 0 Å². The fourth-order valence-electron chi connectivity index (χ4n) is 3.22. The van der Waals surface area contributed by atoms with Crippen LogP contribution in [0.5, 0.6) is 0 Å². The van der Waals surface area contributed by atoms with E-state index in [1.54, 1.807) is 7.05 Å². The van der Waals surface area contributed by atoms with Crippen molar-refractivity contribution in [1.29, 1.82) is 0 Å². The van der Waals surface area contributed by atoms with E-state index in [0.717, 1.165) is 35.5 Å². The van der Waals surface area contributed by atoms with E-state index in [2.05, 4.69) is 46.8 Å². The summed E-state index contributed by atoms with van der Waals surface area (Å²) in [6, 6.07) is 10.2. The Labute approximate surface area is 166 Å². The van der Waals surface area contributed by atoms with Gasteiger partial charge in [0.1, 0.15) is 0 Å². The molecule has 0 radical (unpaired) electrons. The molecule has 1 amide bonds. The fourth-order valence-corrected chi connectivity index (χ4v) is 3.22. The highest BCUT2D eigenvalue weighted by Crippen LogP contribution is 2.17. The molecule has 0 spiro atoms. The Morgan fingerprint density at radius 2 is 2.00 bits per heavy atom. The second kappa shape index (κ2) is 9.39. The highest BCUT2D eigenvalue weighted by Gasteiger charge is 2.20. The normalized spacial score (nSPS) is 14.8. The first-order valence-corrected chi connectivity index (χ1v) is 9.81. The van der Waals surface area contributed by atoms with Gasteiger partial charge in [-0.05, 0) is 23.5 Å². The quantitative estimate of drug-likeness (QED) is 0.567. The van der Waals surface area contributed by atoms with Crippen LogP contribution in [-0.2, 0) is 24.4 Å². The molecule has 2 heterocycles. The molecule has 0 saturated carbocycles. The predicted molar refractivity (Wildman–Crippen MR) is 109 cm³/mol. The minimum Gasteiger partial charge on any atom is -0.359 e. The Morgan fingerprint density at radius 3 is 2.64 bits per heavy atom. The summed E-state index contributed by atoms with van der Waals surface area (Å²) in [5.74, 6) is 2.05. The van der Waals surface area contributed by atoms with Crippen LogP contribution in [0.25, 0.3) is 0 Å². The van der Waals surface area contributed by atoms with Crippen molar-refractivity contribution in [2.75, 3.05) is 13.6 Å². The number of aliphatic imine (C=N–C) groups is 1. The number of amides is 1. The first-order valence-electron chi connectivity index (χ1n) is 9.81. The van der Waals surface area contributed by atoms with Gasteiger partial charge < -0.3 is 20.1 Å². The monoisotopic (exact) mass is 383 g/mol. The number of hydrogen-bond acceptors (Lipinski definition) is 4. The van der Waals surface area contributed by atoms with Gasteiger partial charge in [-0.2, -0.15) is 0 Å². The van der Waals surface area contributed by atoms with Crippen molar-refractivity contribution < 1.29 is 9.32 Å². The lowest BCUT2D eigenvalue weighted by Crippen LogP contribution is -2.36. The third kappa shape index (κ3) is 5.12. The number of aromatic nitrogens is 1. The maximum atomic E-state index is 11.9.